The minimum absolute atomic E-state index is 0.0416. The van der Waals surface area contributed by atoms with Crippen molar-refractivity contribution >= 4 is 27.5 Å². The first-order valence-corrected chi connectivity index (χ1v) is 10.1. The van der Waals surface area contributed by atoms with E-state index in [1.807, 2.05) is 30.3 Å². The van der Waals surface area contributed by atoms with Crippen molar-refractivity contribution in [1.29, 1.82) is 0 Å². The first-order chi connectivity index (χ1) is 13.1. The van der Waals surface area contributed by atoms with E-state index in [0.29, 0.717) is 18.8 Å². The Kier molecular flexibility index (Phi) is 5.18. The maximum absolute atomic E-state index is 12.9. The number of nitrogens with zero attached hydrogens (tertiary/aromatic N) is 1. The molecular formula is C21H24N2O3S. The van der Waals surface area contributed by atoms with Gasteiger partial charge in [0.15, 0.2) is 0 Å². The summed E-state index contributed by atoms with van der Waals surface area (Å²) in [6.45, 7) is 4.11. The van der Waals surface area contributed by atoms with Crippen molar-refractivity contribution in [2.45, 2.75) is 32.4 Å². The fourth-order valence-electron chi connectivity index (χ4n) is 3.54. The van der Waals surface area contributed by atoms with Crippen LogP contribution in [-0.4, -0.2) is 36.8 Å². The van der Waals surface area contributed by atoms with Gasteiger partial charge in [-0.05, 0) is 49.6 Å². The Morgan fingerprint density at radius 2 is 2.15 bits per heavy atom. The predicted octanol–water partition coefficient (Wildman–Crippen LogP) is 3.98. The summed E-state index contributed by atoms with van der Waals surface area (Å²) in [7, 11) is 1.66. The number of methoxy groups -OCH3 is 1. The maximum atomic E-state index is 12.9. The summed E-state index contributed by atoms with van der Waals surface area (Å²) in [6.07, 6.45) is 2.23. The minimum Gasteiger partial charge on any atom is -0.497 e. The molecule has 1 aromatic carbocycles. The van der Waals surface area contributed by atoms with Crippen molar-refractivity contribution < 1.29 is 14.3 Å². The zero-order valence-electron chi connectivity index (χ0n) is 15.7. The van der Waals surface area contributed by atoms with Gasteiger partial charge in [0.1, 0.15) is 11.4 Å². The standard InChI is InChI=1S/C21H24N2O3S/c1-14-10-18-20(27-14)11-19(21(24)22-12-17-4-3-9-26-17)23(18)13-15-5-7-16(25-2)8-6-15/h5-8,10-11,17H,3-4,9,12-13H2,1-2H3,(H,22,24)/t17-/m1/s1. The molecule has 2 aromatic heterocycles. The van der Waals surface area contributed by atoms with Gasteiger partial charge in [-0.3, -0.25) is 4.79 Å². The smallest absolute Gasteiger partial charge is 0.268 e. The Morgan fingerprint density at radius 3 is 2.85 bits per heavy atom. The first kappa shape index (κ1) is 18.1. The van der Waals surface area contributed by atoms with E-state index < -0.39 is 0 Å². The molecule has 3 heterocycles. The van der Waals surface area contributed by atoms with E-state index in [-0.39, 0.29) is 12.0 Å². The highest BCUT2D eigenvalue weighted by molar-refractivity contribution is 7.19. The number of aryl methyl sites for hydroxylation is 1. The van der Waals surface area contributed by atoms with Gasteiger partial charge in [-0.1, -0.05) is 12.1 Å². The van der Waals surface area contributed by atoms with Crippen LogP contribution in [0.25, 0.3) is 10.2 Å². The summed E-state index contributed by atoms with van der Waals surface area (Å²) in [6, 6.07) is 12.1. The molecule has 0 bridgehead atoms. The average molecular weight is 385 g/mol. The van der Waals surface area contributed by atoms with Gasteiger partial charge < -0.3 is 19.4 Å². The second kappa shape index (κ2) is 7.74. The number of amides is 1. The van der Waals surface area contributed by atoms with Gasteiger partial charge in [-0.15, -0.1) is 11.3 Å². The van der Waals surface area contributed by atoms with Gasteiger partial charge in [0, 0.05) is 24.6 Å². The Bertz CT molecular complexity index is 936. The lowest BCUT2D eigenvalue weighted by Crippen LogP contribution is -2.33. The topological polar surface area (TPSA) is 52.5 Å². The zero-order valence-corrected chi connectivity index (χ0v) is 16.5. The lowest BCUT2D eigenvalue weighted by atomic mass is 10.2. The molecular weight excluding hydrogens is 360 g/mol. The molecule has 0 aliphatic carbocycles. The third-order valence-corrected chi connectivity index (χ3v) is 5.95. The molecule has 1 N–H and O–H groups in total. The van der Waals surface area contributed by atoms with E-state index in [1.165, 1.54) is 4.88 Å². The van der Waals surface area contributed by atoms with E-state index in [0.717, 1.165) is 41.0 Å². The van der Waals surface area contributed by atoms with Crippen molar-refractivity contribution in [2.24, 2.45) is 0 Å². The van der Waals surface area contributed by atoms with Crippen LogP contribution in [0.2, 0.25) is 0 Å². The van der Waals surface area contributed by atoms with Crippen molar-refractivity contribution in [3.8, 4) is 5.75 Å². The third-order valence-electron chi connectivity index (χ3n) is 4.96. The van der Waals surface area contributed by atoms with E-state index in [1.54, 1.807) is 18.4 Å². The average Bonchev–Trinajstić information content (AvgIpc) is 3.38. The fourth-order valence-corrected chi connectivity index (χ4v) is 4.50. The van der Waals surface area contributed by atoms with Gasteiger partial charge >= 0.3 is 0 Å². The van der Waals surface area contributed by atoms with Crippen LogP contribution < -0.4 is 10.1 Å². The molecule has 27 heavy (non-hydrogen) atoms. The molecule has 1 aliphatic rings. The minimum atomic E-state index is -0.0416. The quantitative estimate of drug-likeness (QED) is 0.699. The van der Waals surface area contributed by atoms with Crippen molar-refractivity contribution in [2.75, 3.05) is 20.3 Å². The zero-order chi connectivity index (χ0) is 18.8. The molecule has 0 radical (unpaired) electrons. The maximum Gasteiger partial charge on any atom is 0.268 e. The van der Waals surface area contributed by atoms with Crippen LogP contribution in [-0.2, 0) is 11.3 Å². The Hall–Kier alpha value is -2.31. The Labute approximate surface area is 162 Å². The number of nitrogens with one attached hydrogen (secondary N) is 1. The van der Waals surface area contributed by atoms with Gasteiger partial charge in [0.2, 0.25) is 0 Å². The van der Waals surface area contributed by atoms with Gasteiger partial charge in [-0.2, -0.15) is 0 Å². The highest BCUT2D eigenvalue weighted by Crippen LogP contribution is 2.29. The van der Waals surface area contributed by atoms with Crippen LogP contribution in [0.5, 0.6) is 5.75 Å². The molecule has 0 unspecified atom stereocenters. The highest BCUT2D eigenvalue weighted by Gasteiger charge is 2.20. The summed E-state index contributed by atoms with van der Waals surface area (Å²) in [5, 5.41) is 3.05. The van der Waals surface area contributed by atoms with Crippen LogP contribution in [0.15, 0.2) is 36.4 Å². The summed E-state index contributed by atoms with van der Waals surface area (Å²) in [5.41, 5.74) is 2.94. The largest absolute Gasteiger partial charge is 0.497 e. The van der Waals surface area contributed by atoms with Crippen LogP contribution >= 0.6 is 11.3 Å². The molecule has 1 saturated heterocycles. The molecule has 0 saturated carbocycles. The van der Waals surface area contributed by atoms with Gasteiger partial charge in [-0.25, -0.2) is 0 Å². The molecule has 1 fully saturated rings. The van der Waals surface area contributed by atoms with Crippen LogP contribution in [0.4, 0.5) is 0 Å². The van der Waals surface area contributed by atoms with E-state index in [2.05, 4.69) is 22.9 Å². The van der Waals surface area contributed by atoms with Gasteiger partial charge in [0.05, 0.1) is 23.4 Å². The van der Waals surface area contributed by atoms with Crippen molar-refractivity contribution in [3.63, 3.8) is 0 Å². The second-order valence-corrected chi connectivity index (χ2v) is 8.20. The van der Waals surface area contributed by atoms with E-state index in [4.69, 9.17) is 9.47 Å². The van der Waals surface area contributed by atoms with Crippen LogP contribution in [0.3, 0.4) is 0 Å². The summed E-state index contributed by atoms with van der Waals surface area (Å²) >= 11 is 1.72. The molecule has 1 atom stereocenters. The van der Waals surface area contributed by atoms with Crippen molar-refractivity contribution in [3.05, 3.63) is 52.5 Å². The number of hydrogen-bond acceptors (Lipinski definition) is 4. The highest BCUT2D eigenvalue weighted by atomic mass is 32.1. The molecule has 1 aliphatic heterocycles. The molecule has 4 rings (SSSR count). The summed E-state index contributed by atoms with van der Waals surface area (Å²) in [4.78, 5) is 14.1. The lowest BCUT2D eigenvalue weighted by molar-refractivity contribution is 0.0851. The predicted molar refractivity (Wildman–Crippen MR) is 108 cm³/mol. The fraction of sp³-hybridized carbons (Fsp3) is 0.381. The SMILES string of the molecule is COc1ccc(Cn2c(C(=O)NC[C@H]3CCCO3)cc3sc(C)cc32)cc1. The molecule has 5 nitrogen and oxygen atoms in total. The number of rotatable bonds is 6. The number of carbonyl (C=O) groups is 1. The normalized spacial score (nSPS) is 16.7. The number of ether oxygens (including phenoxy) is 2. The molecule has 1 amide bonds. The van der Waals surface area contributed by atoms with E-state index in [9.17, 15) is 4.79 Å². The van der Waals surface area contributed by atoms with E-state index >= 15 is 0 Å². The second-order valence-electron chi connectivity index (χ2n) is 6.92. The monoisotopic (exact) mass is 384 g/mol. The van der Waals surface area contributed by atoms with Crippen LogP contribution in [0, 0.1) is 6.92 Å². The number of hydrogen-bond donors (Lipinski definition) is 1. The Balaban J connectivity index is 1.60. The number of benzene rings is 1. The molecule has 142 valence electrons. The molecule has 6 heteroatoms. The Morgan fingerprint density at radius 1 is 1.33 bits per heavy atom. The number of fused-ring (bicyclic) bond motifs is 1. The van der Waals surface area contributed by atoms with Gasteiger partial charge in [0.25, 0.3) is 5.91 Å². The lowest BCUT2D eigenvalue weighted by Gasteiger charge is -2.13. The number of thiophene rings is 1. The first-order valence-electron chi connectivity index (χ1n) is 9.26. The van der Waals surface area contributed by atoms with Crippen molar-refractivity contribution in [1.82, 2.24) is 9.88 Å². The molecule has 0 spiro atoms. The van der Waals surface area contributed by atoms with Crippen LogP contribution in [0.1, 0.15) is 33.8 Å². The third kappa shape index (κ3) is 3.87. The number of carbonyl (C=O) groups excluding carboxylic acids is 1. The number of aromatic nitrogens is 1. The molecule has 3 aromatic rings. The summed E-state index contributed by atoms with van der Waals surface area (Å²) in [5.74, 6) is 0.789. The summed E-state index contributed by atoms with van der Waals surface area (Å²) < 4.78 is 14.1.